The minimum atomic E-state index is -1.43. The van der Waals surface area contributed by atoms with Crippen LogP contribution in [0, 0.1) is 5.92 Å². The predicted octanol–water partition coefficient (Wildman–Crippen LogP) is 6.91. The second kappa shape index (κ2) is 10.0. The molecule has 1 aliphatic heterocycles. The van der Waals surface area contributed by atoms with Crippen molar-refractivity contribution >= 4 is 52.3 Å². The van der Waals surface area contributed by atoms with Crippen LogP contribution in [0.3, 0.4) is 0 Å². The van der Waals surface area contributed by atoms with Crippen molar-refractivity contribution in [2.45, 2.75) is 17.8 Å². The maximum atomic E-state index is 14.6. The van der Waals surface area contributed by atoms with E-state index in [1.54, 1.807) is 61.7 Å². The Balaban J connectivity index is 1.76. The number of amides is 2. The maximum Gasteiger partial charge on any atom is 0.260 e. The van der Waals surface area contributed by atoms with Gasteiger partial charge in [0.25, 0.3) is 11.8 Å². The number of carbonyl (C=O) groups excluding carboxylic acids is 2. The fraction of sp³-hybridized carbons (Fsp3) is 0.172. The Morgan fingerprint density at radius 2 is 1.74 bits per heavy atom. The zero-order valence-electron chi connectivity index (χ0n) is 20.3. The molecule has 2 N–H and O–H groups in total. The van der Waals surface area contributed by atoms with Gasteiger partial charge in [0.15, 0.2) is 0 Å². The number of phenolic OH excluding ortho intramolecular Hbond substituents is 1. The molecule has 9 heteroatoms. The Morgan fingerprint density at radius 1 is 1.05 bits per heavy atom. The Kier molecular flexibility index (Phi) is 6.90. The van der Waals surface area contributed by atoms with Gasteiger partial charge >= 0.3 is 0 Å². The van der Waals surface area contributed by atoms with Crippen LogP contribution in [0.4, 0.5) is 5.69 Å². The minimum Gasteiger partial charge on any atom is -0.508 e. The zero-order valence-corrected chi connectivity index (χ0v) is 22.5. The summed E-state index contributed by atoms with van der Waals surface area (Å²) in [6.45, 7) is 3.97. The normalized spacial score (nSPS) is 22.6. The molecule has 0 saturated carbocycles. The number of nitrogens with zero attached hydrogens (tertiary/aromatic N) is 1. The number of benzene rings is 3. The van der Waals surface area contributed by atoms with E-state index in [-0.39, 0.29) is 17.2 Å². The number of phenols is 1. The van der Waals surface area contributed by atoms with Crippen molar-refractivity contribution in [3.8, 4) is 11.5 Å². The number of allylic oxidation sites excluding steroid dienone is 3. The summed E-state index contributed by atoms with van der Waals surface area (Å²) in [6.07, 6.45) is 3.81. The first kappa shape index (κ1) is 26.2. The van der Waals surface area contributed by atoms with Crippen LogP contribution in [0.5, 0.6) is 11.5 Å². The minimum absolute atomic E-state index is 0.0481. The monoisotopic (exact) mass is 568 g/mol. The van der Waals surface area contributed by atoms with E-state index in [2.05, 4.69) is 12.0 Å². The van der Waals surface area contributed by atoms with Crippen molar-refractivity contribution in [3.05, 3.63) is 111 Å². The average Bonchev–Trinajstić information content (AvgIpc) is 3.13. The van der Waals surface area contributed by atoms with Gasteiger partial charge in [0.1, 0.15) is 11.5 Å². The number of ether oxygens (including phenoxy) is 1. The summed E-state index contributed by atoms with van der Waals surface area (Å²) < 4.78 is 5.34. The fourth-order valence-corrected chi connectivity index (χ4v) is 6.21. The van der Waals surface area contributed by atoms with Crippen molar-refractivity contribution in [3.63, 3.8) is 0 Å². The number of halogens is 3. The Morgan fingerprint density at radius 3 is 2.39 bits per heavy atom. The van der Waals surface area contributed by atoms with Crippen molar-refractivity contribution in [1.82, 2.24) is 5.01 Å². The highest BCUT2D eigenvalue weighted by atomic mass is 35.5. The third-order valence-corrected chi connectivity index (χ3v) is 8.05. The molecule has 5 rings (SSSR count). The van der Waals surface area contributed by atoms with Crippen molar-refractivity contribution in [2.75, 3.05) is 12.5 Å². The number of anilines is 1. The molecule has 3 aromatic carbocycles. The van der Waals surface area contributed by atoms with E-state index in [0.29, 0.717) is 38.2 Å². The van der Waals surface area contributed by atoms with Crippen LogP contribution < -0.4 is 10.2 Å². The van der Waals surface area contributed by atoms with E-state index in [1.807, 2.05) is 6.08 Å². The smallest absolute Gasteiger partial charge is 0.260 e. The van der Waals surface area contributed by atoms with Gasteiger partial charge in [0, 0.05) is 21.5 Å². The lowest BCUT2D eigenvalue weighted by Gasteiger charge is -2.43. The number of aromatic hydroxyl groups is 1. The van der Waals surface area contributed by atoms with Crippen LogP contribution >= 0.6 is 34.8 Å². The van der Waals surface area contributed by atoms with Crippen LogP contribution in [-0.4, -0.2) is 29.0 Å². The molecule has 3 unspecified atom stereocenters. The van der Waals surface area contributed by atoms with Crippen LogP contribution in [0.15, 0.2) is 85.0 Å². The summed E-state index contributed by atoms with van der Waals surface area (Å²) >= 11 is 18.8. The van der Waals surface area contributed by atoms with E-state index in [1.165, 1.54) is 12.1 Å². The molecule has 6 nitrogen and oxygen atoms in total. The number of carbonyl (C=O) groups is 2. The maximum absolute atomic E-state index is 14.6. The van der Waals surface area contributed by atoms with Gasteiger partial charge in [0.2, 0.25) is 0 Å². The fourth-order valence-electron chi connectivity index (χ4n) is 5.58. The van der Waals surface area contributed by atoms with Crippen LogP contribution in [-0.2, 0) is 15.0 Å². The number of fused-ring (bicyclic) bond motifs is 1. The molecule has 1 fully saturated rings. The van der Waals surface area contributed by atoms with Crippen LogP contribution in [0.2, 0.25) is 15.1 Å². The lowest BCUT2D eigenvalue weighted by Crippen LogP contribution is -2.48. The molecule has 1 heterocycles. The number of nitrogens with one attached hydrogen (secondary N) is 1. The first-order chi connectivity index (χ1) is 18.2. The van der Waals surface area contributed by atoms with Gasteiger partial charge in [-0.3, -0.25) is 15.0 Å². The molecule has 194 valence electrons. The first-order valence-corrected chi connectivity index (χ1v) is 12.9. The molecule has 1 saturated heterocycles. The molecular weight excluding hydrogens is 547 g/mol. The summed E-state index contributed by atoms with van der Waals surface area (Å²) in [7, 11) is 1.55. The molecule has 38 heavy (non-hydrogen) atoms. The van der Waals surface area contributed by atoms with Gasteiger partial charge in [-0.05, 0) is 66.1 Å². The quantitative estimate of drug-likeness (QED) is 0.315. The van der Waals surface area contributed by atoms with E-state index >= 15 is 0 Å². The van der Waals surface area contributed by atoms with Crippen LogP contribution in [0.25, 0.3) is 0 Å². The number of hydrogen-bond acceptors (Lipinski definition) is 5. The Labute approximate surface area is 235 Å². The second-order valence-corrected chi connectivity index (χ2v) is 10.4. The van der Waals surface area contributed by atoms with Gasteiger partial charge in [0.05, 0.1) is 29.2 Å². The molecule has 0 spiro atoms. The first-order valence-electron chi connectivity index (χ1n) is 11.8. The standard InChI is InChI=1S/C29H23Cl3N2O4/c1-3-16-4-11-22-27(36)34(33-24-12-7-19(31)15-23(24)32)28(37)29(22,17-5-9-20(38-2)10-6-17)26(16)21-14-18(30)8-13-25(21)35/h3-10,12-15,22,26,33,35H,1,11H2,2H3. The van der Waals surface area contributed by atoms with E-state index < -0.39 is 29.1 Å². The predicted molar refractivity (Wildman–Crippen MR) is 149 cm³/mol. The number of hydrazine groups is 1. The lowest BCUT2D eigenvalue weighted by molar-refractivity contribution is -0.138. The molecule has 0 bridgehead atoms. The second-order valence-electron chi connectivity index (χ2n) is 9.14. The van der Waals surface area contributed by atoms with Gasteiger partial charge in [-0.15, -0.1) is 0 Å². The van der Waals surface area contributed by atoms with E-state index in [0.717, 1.165) is 5.01 Å². The average molecular weight is 570 g/mol. The summed E-state index contributed by atoms with van der Waals surface area (Å²) in [5.41, 5.74) is 3.53. The molecule has 3 aromatic rings. The number of rotatable bonds is 6. The third kappa shape index (κ3) is 4.04. The molecular formula is C29H23Cl3N2O4. The number of hydrogen-bond donors (Lipinski definition) is 2. The lowest BCUT2D eigenvalue weighted by atomic mass is 9.56. The zero-order chi connectivity index (χ0) is 27.2. The molecule has 2 aliphatic rings. The summed E-state index contributed by atoms with van der Waals surface area (Å²) in [5, 5.41) is 13.0. The third-order valence-electron chi connectivity index (χ3n) is 7.27. The molecule has 1 aliphatic carbocycles. The van der Waals surface area contributed by atoms with E-state index in [4.69, 9.17) is 39.5 Å². The topological polar surface area (TPSA) is 78.9 Å². The van der Waals surface area contributed by atoms with Crippen molar-refractivity contribution in [1.29, 1.82) is 0 Å². The number of imide groups is 1. The molecule has 3 atom stereocenters. The van der Waals surface area contributed by atoms with Gasteiger partial charge in [-0.1, -0.05) is 65.7 Å². The highest BCUT2D eigenvalue weighted by Crippen LogP contribution is 2.59. The van der Waals surface area contributed by atoms with Gasteiger partial charge in [-0.25, -0.2) is 0 Å². The highest BCUT2D eigenvalue weighted by molar-refractivity contribution is 6.36. The Bertz CT molecular complexity index is 1490. The molecule has 0 radical (unpaired) electrons. The van der Waals surface area contributed by atoms with E-state index in [9.17, 15) is 14.7 Å². The SMILES string of the molecule is C=CC1=CCC2C(=O)N(Nc3ccc(Cl)cc3Cl)C(=O)C2(c2ccc(OC)cc2)C1c1cc(Cl)ccc1O. The van der Waals surface area contributed by atoms with Crippen molar-refractivity contribution in [2.24, 2.45) is 5.92 Å². The molecule has 0 aromatic heterocycles. The largest absolute Gasteiger partial charge is 0.508 e. The Hall–Kier alpha value is -3.45. The van der Waals surface area contributed by atoms with Gasteiger partial charge in [-0.2, -0.15) is 5.01 Å². The highest BCUT2D eigenvalue weighted by Gasteiger charge is 2.66. The molecule has 2 amide bonds. The number of methoxy groups -OCH3 is 1. The van der Waals surface area contributed by atoms with Crippen molar-refractivity contribution < 1.29 is 19.4 Å². The van der Waals surface area contributed by atoms with Gasteiger partial charge < -0.3 is 9.84 Å². The summed E-state index contributed by atoms with van der Waals surface area (Å²) in [5.74, 6) is -1.95. The van der Waals surface area contributed by atoms with Crippen LogP contribution in [0.1, 0.15) is 23.5 Å². The summed E-state index contributed by atoms with van der Waals surface area (Å²) in [6, 6.07) is 16.4. The summed E-state index contributed by atoms with van der Waals surface area (Å²) in [4.78, 5) is 28.6.